The molecule has 0 saturated carbocycles. The van der Waals surface area contributed by atoms with Gasteiger partial charge < -0.3 is 19.6 Å². The third-order valence-corrected chi connectivity index (χ3v) is 6.22. The van der Waals surface area contributed by atoms with Crippen LogP contribution in [0.4, 0.5) is 0 Å². The average Bonchev–Trinajstić information content (AvgIpc) is 3.03. The molecule has 1 saturated heterocycles. The van der Waals surface area contributed by atoms with Crippen LogP contribution in [-0.2, 0) is 9.59 Å². The number of hydrogen-bond acceptors (Lipinski definition) is 5. The zero-order valence-electron chi connectivity index (χ0n) is 19.8. The number of benzene rings is 2. The van der Waals surface area contributed by atoms with Gasteiger partial charge in [0.2, 0.25) is 0 Å². The van der Waals surface area contributed by atoms with Gasteiger partial charge >= 0.3 is 0 Å². The molecule has 1 heterocycles. The van der Waals surface area contributed by atoms with Gasteiger partial charge in [-0.25, -0.2) is 0 Å². The highest BCUT2D eigenvalue weighted by Gasteiger charge is 2.46. The van der Waals surface area contributed by atoms with E-state index in [2.05, 4.69) is 13.8 Å². The van der Waals surface area contributed by atoms with E-state index in [1.165, 1.54) is 7.11 Å². The highest BCUT2D eigenvalue weighted by molar-refractivity contribution is 6.47. The molecule has 1 aliphatic heterocycles. The third-order valence-electron chi connectivity index (χ3n) is 5.89. The first-order valence-electron chi connectivity index (χ1n) is 11.0. The number of aliphatic hydroxyl groups is 1. The summed E-state index contributed by atoms with van der Waals surface area (Å²) in [7, 11) is 5.43. The summed E-state index contributed by atoms with van der Waals surface area (Å²) in [4.78, 5) is 29.8. The number of carbonyl (C=O) groups excluding carboxylic acids is 2. The van der Waals surface area contributed by atoms with Gasteiger partial charge in [0.05, 0.1) is 23.7 Å². The molecular weight excluding hydrogens is 440 g/mol. The fourth-order valence-corrected chi connectivity index (χ4v) is 4.24. The molecule has 0 radical (unpaired) electrons. The zero-order chi connectivity index (χ0) is 24.3. The minimum Gasteiger partial charge on any atom is -0.507 e. The summed E-state index contributed by atoms with van der Waals surface area (Å²) in [6, 6.07) is 12.0. The maximum Gasteiger partial charge on any atom is 0.295 e. The molecule has 0 bridgehead atoms. The van der Waals surface area contributed by atoms with E-state index in [4.69, 9.17) is 16.3 Å². The smallest absolute Gasteiger partial charge is 0.295 e. The minimum atomic E-state index is -0.714. The molecule has 2 aromatic carbocycles. The fraction of sp³-hybridized carbons (Fsp3) is 0.385. The average molecular weight is 471 g/mol. The van der Waals surface area contributed by atoms with Gasteiger partial charge in [0.1, 0.15) is 11.5 Å². The van der Waals surface area contributed by atoms with Crippen molar-refractivity contribution in [2.75, 3.05) is 34.3 Å². The van der Waals surface area contributed by atoms with E-state index in [0.29, 0.717) is 24.6 Å². The van der Waals surface area contributed by atoms with Crippen LogP contribution in [0.2, 0.25) is 5.02 Å². The van der Waals surface area contributed by atoms with Crippen molar-refractivity contribution >= 4 is 29.1 Å². The molecule has 1 fully saturated rings. The van der Waals surface area contributed by atoms with Gasteiger partial charge in [-0.3, -0.25) is 9.59 Å². The Labute approximate surface area is 200 Å². The van der Waals surface area contributed by atoms with E-state index < -0.39 is 17.7 Å². The van der Waals surface area contributed by atoms with Crippen LogP contribution in [0.1, 0.15) is 48.9 Å². The number of amides is 1. The summed E-state index contributed by atoms with van der Waals surface area (Å²) in [5, 5.41) is 11.5. The molecular formula is C26H31ClN2O4. The maximum atomic E-state index is 13.2. The molecule has 2 aromatic rings. The van der Waals surface area contributed by atoms with Crippen molar-refractivity contribution < 1.29 is 19.4 Å². The molecule has 1 aliphatic rings. The summed E-state index contributed by atoms with van der Waals surface area (Å²) >= 11 is 6.35. The number of rotatable bonds is 8. The number of likely N-dealkylation sites (tertiary alicyclic amines) is 1. The van der Waals surface area contributed by atoms with Gasteiger partial charge in [-0.1, -0.05) is 49.7 Å². The normalized spacial score (nSPS) is 17.9. The van der Waals surface area contributed by atoms with Crippen molar-refractivity contribution in [3.05, 3.63) is 69.8 Å². The first-order chi connectivity index (χ1) is 15.6. The van der Waals surface area contributed by atoms with Crippen molar-refractivity contribution in [1.82, 2.24) is 9.80 Å². The second kappa shape index (κ2) is 10.4. The molecule has 1 amide bonds. The first-order valence-corrected chi connectivity index (χ1v) is 11.4. The molecule has 1 N–H and O–H groups in total. The second-order valence-corrected chi connectivity index (χ2v) is 9.22. The predicted octanol–water partition coefficient (Wildman–Crippen LogP) is 4.85. The Kier molecular flexibility index (Phi) is 7.82. The minimum absolute atomic E-state index is 0.0392. The van der Waals surface area contributed by atoms with Crippen LogP contribution >= 0.6 is 11.6 Å². The summed E-state index contributed by atoms with van der Waals surface area (Å²) in [6.07, 6.45) is 0.695. The molecule has 7 heteroatoms. The maximum absolute atomic E-state index is 13.2. The highest BCUT2D eigenvalue weighted by atomic mass is 35.5. The Balaban J connectivity index is 2.14. The van der Waals surface area contributed by atoms with Crippen LogP contribution in [0.3, 0.4) is 0 Å². The quantitative estimate of drug-likeness (QED) is 0.339. The summed E-state index contributed by atoms with van der Waals surface area (Å²) in [6.45, 7) is 5.37. The molecule has 3 rings (SSSR count). The van der Waals surface area contributed by atoms with Crippen LogP contribution in [0, 0.1) is 0 Å². The van der Waals surface area contributed by atoms with Crippen LogP contribution in [0.5, 0.6) is 5.75 Å². The monoisotopic (exact) mass is 470 g/mol. The number of ether oxygens (including phenoxy) is 1. The Bertz CT molecular complexity index is 1060. The second-order valence-electron chi connectivity index (χ2n) is 8.82. The molecule has 0 aromatic heterocycles. The SMILES string of the molecule is COc1ccc(Cl)c(/C(O)=C2\C(=O)C(=O)N(CCCN(C)C)C2c2ccc(C(C)C)cc2)c1. The van der Waals surface area contributed by atoms with E-state index in [9.17, 15) is 14.7 Å². The van der Waals surface area contributed by atoms with Crippen molar-refractivity contribution in [1.29, 1.82) is 0 Å². The summed E-state index contributed by atoms with van der Waals surface area (Å²) < 4.78 is 5.26. The lowest BCUT2D eigenvalue weighted by molar-refractivity contribution is -0.139. The Morgan fingerprint density at radius 2 is 1.82 bits per heavy atom. The van der Waals surface area contributed by atoms with E-state index in [1.54, 1.807) is 23.1 Å². The molecule has 6 nitrogen and oxygen atoms in total. The summed E-state index contributed by atoms with van der Waals surface area (Å²) in [5.74, 6) is -0.799. The Hall–Kier alpha value is -2.83. The number of nitrogens with zero attached hydrogens (tertiary/aromatic N) is 2. The molecule has 0 spiro atoms. The van der Waals surface area contributed by atoms with E-state index in [-0.39, 0.29) is 21.9 Å². The fourth-order valence-electron chi connectivity index (χ4n) is 4.04. The van der Waals surface area contributed by atoms with Gasteiger partial charge in [-0.2, -0.15) is 0 Å². The number of Topliss-reactive ketones (excluding diaryl/α,β-unsaturated/α-hetero) is 1. The molecule has 1 unspecified atom stereocenters. The first kappa shape index (κ1) is 24.8. The van der Waals surface area contributed by atoms with Crippen molar-refractivity contribution in [2.24, 2.45) is 0 Å². The van der Waals surface area contributed by atoms with Gasteiger partial charge in [0, 0.05) is 12.1 Å². The molecule has 33 heavy (non-hydrogen) atoms. The standard InChI is InChI=1S/C26H31ClN2O4/c1-16(2)17-7-9-18(10-8-17)23-22(24(30)20-15-19(33-5)11-12-21(20)27)25(31)26(32)29(23)14-6-13-28(3)4/h7-12,15-16,23,30H,6,13-14H2,1-5H3/b24-22+. The van der Waals surface area contributed by atoms with E-state index in [0.717, 1.165) is 17.7 Å². The lowest BCUT2D eigenvalue weighted by Crippen LogP contribution is -2.32. The number of aliphatic hydroxyl groups excluding tert-OH is 1. The number of carbonyl (C=O) groups is 2. The highest BCUT2D eigenvalue weighted by Crippen LogP contribution is 2.41. The molecule has 1 atom stereocenters. The van der Waals surface area contributed by atoms with Crippen molar-refractivity contribution in [3.63, 3.8) is 0 Å². The molecule has 0 aliphatic carbocycles. The number of halogens is 1. The van der Waals surface area contributed by atoms with Crippen molar-refractivity contribution in [3.8, 4) is 5.75 Å². The number of methoxy groups -OCH3 is 1. The van der Waals surface area contributed by atoms with Crippen LogP contribution in [0.15, 0.2) is 48.0 Å². The van der Waals surface area contributed by atoms with Gasteiger partial charge in [-0.15, -0.1) is 0 Å². The van der Waals surface area contributed by atoms with Crippen LogP contribution in [0.25, 0.3) is 5.76 Å². The van der Waals surface area contributed by atoms with Gasteiger partial charge in [0.15, 0.2) is 0 Å². The lowest BCUT2D eigenvalue weighted by atomic mass is 9.93. The zero-order valence-corrected chi connectivity index (χ0v) is 20.5. The van der Waals surface area contributed by atoms with Gasteiger partial charge in [0.25, 0.3) is 11.7 Å². The van der Waals surface area contributed by atoms with E-state index in [1.807, 2.05) is 43.3 Å². The third kappa shape index (κ3) is 5.23. The number of hydrogen-bond donors (Lipinski definition) is 1. The van der Waals surface area contributed by atoms with E-state index >= 15 is 0 Å². The summed E-state index contributed by atoms with van der Waals surface area (Å²) in [5.41, 5.74) is 2.21. The Morgan fingerprint density at radius 3 is 2.39 bits per heavy atom. The van der Waals surface area contributed by atoms with Crippen molar-refractivity contribution in [2.45, 2.75) is 32.2 Å². The van der Waals surface area contributed by atoms with Gasteiger partial charge in [-0.05, 0) is 62.3 Å². The van der Waals surface area contributed by atoms with Crippen LogP contribution in [-0.4, -0.2) is 60.9 Å². The molecule has 176 valence electrons. The predicted molar refractivity (Wildman–Crippen MR) is 131 cm³/mol. The lowest BCUT2D eigenvalue weighted by Gasteiger charge is -2.26. The van der Waals surface area contributed by atoms with Crippen LogP contribution < -0.4 is 4.74 Å². The Morgan fingerprint density at radius 1 is 1.15 bits per heavy atom. The largest absolute Gasteiger partial charge is 0.507 e. The number of ketones is 1. The topological polar surface area (TPSA) is 70.1 Å².